The van der Waals surface area contributed by atoms with E-state index in [-0.39, 0.29) is 18.0 Å². The van der Waals surface area contributed by atoms with Crippen molar-refractivity contribution in [1.29, 1.82) is 0 Å². The molecule has 0 fully saturated rings. The van der Waals surface area contributed by atoms with Crippen LogP contribution in [0.3, 0.4) is 0 Å². The fraction of sp³-hybridized carbons (Fsp3) is 0.727. The van der Waals surface area contributed by atoms with Gasteiger partial charge in [-0.1, -0.05) is 6.92 Å². The minimum absolute atomic E-state index is 0.0817. The monoisotopic (exact) mass is 319 g/mol. The predicted octanol–water partition coefficient (Wildman–Crippen LogP) is 2.82. The summed E-state index contributed by atoms with van der Waals surface area (Å²) in [7, 11) is 2.41. The molecule has 0 amide bonds. The fourth-order valence-electron chi connectivity index (χ4n) is 2.09. The van der Waals surface area contributed by atoms with Gasteiger partial charge in [-0.25, -0.2) is 0 Å². The van der Waals surface area contributed by atoms with E-state index in [1.807, 2.05) is 0 Å². The van der Waals surface area contributed by atoms with E-state index in [0.717, 1.165) is 18.0 Å². The molecule has 0 aromatic carbocycles. The first kappa shape index (κ1) is 17.6. The average Bonchev–Trinajstić information content (AvgIpc) is 2.66. The van der Waals surface area contributed by atoms with Gasteiger partial charge in [-0.15, -0.1) is 0 Å². The van der Waals surface area contributed by atoms with Crippen molar-refractivity contribution >= 4 is 0 Å². The highest BCUT2D eigenvalue weighted by Gasteiger charge is 2.61. The number of nitrogens with zero attached hydrogens (tertiary/aromatic N) is 2. The number of nitrogens with one attached hydrogen (secondary N) is 1. The second kappa shape index (κ2) is 6.12. The predicted molar refractivity (Wildman–Crippen MR) is 61.8 cm³/mol. The van der Waals surface area contributed by atoms with Crippen LogP contribution >= 0.6 is 0 Å². The zero-order valence-electron chi connectivity index (χ0n) is 11.5. The third-order valence-electron chi connectivity index (χ3n) is 2.93. The number of hydrogen-bond acceptors (Lipinski definition) is 3. The first-order chi connectivity index (χ1) is 9.54. The third-order valence-corrected chi connectivity index (χ3v) is 2.93. The molecule has 1 rings (SSSR count). The van der Waals surface area contributed by atoms with Crippen LogP contribution in [0.1, 0.15) is 18.7 Å². The molecular weight excluding hydrogens is 304 g/mol. The van der Waals surface area contributed by atoms with Crippen molar-refractivity contribution in [2.45, 2.75) is 25.3 Å². The highest BCUT2D eigenvalue weighted by molar-refractivity contribution is 5.29. The molecule has 0 bridgehead atoms. The van der Waals surface area contributed by atoms with Crippen molar-refractivity contribution in [3.8, 4) is 5.75 Å². The second-order valence-electron chi connectivity index (χ2n) is 4.32. The lowest BCUT2D eigenvalue weighted by Gasteiger charge is -2.31. The minimum atomic E-state index is -5.46. The lowest BCUT2D eigenvalue weighted by molar-refractivity contribution is -0.293. The van der Waals surface area contributed by atoms with E-state index in [4.69, 9.17) is 4.74 Å². The van der Waals surface area contributed by atoms with Crippen LogP contribution < -0.4 is 10.1 Å². The molecule has 1 aromatic rings. The maximum atomic E-state index is 12.9. The Hall–Kier alpha value is -1.45. The van der Waals surface area contributed by atoms with E-state index in [1.54, 1.807) is 0 Å². The van der Waals surface area contributed by atoms with E-state index in [1.165, 1.54) is 14.0 Å². The quantitative estimate of drug-likeness (QED) is 0.848. The molecule has 0 aliphatic heterocycles. The van der Waals surface area contributed by atoms with Crippen LogP contribution in [0, 0.1) is 5.92 Å². The zero-order chi connectivity index (χ0) is 16.4. The van der Waals surface area contributed by atoms with Crippen LogP contribution in [0.5, 0.6) is 5.75 Å². The molecule has 1 N–H and O–H groups in total. The number of aryl methyl sites for hydroxylation is 1. The van der Waals surface area contributed by atoms with Crippen LogP contribution in [0.2, 0.25) is 0 Å². The van der Waals surface area contributed by atoms with Gasteiger partial charge in [0.15, 0.2) is 11.7 Å². The second-order valence-corrected chi connectivity index (χ2v) is 4.32. The Kier molecular flexibility index (Phi) is 5.13. The molecule has 0 saturated heterocycles. The van der Waals surface area contributed by atoms with Gasteiger partial charge in [-0.05, 0) is 6.54 Å². The molecule has 122 valence electrons. The summed E-state index contributed by atoms with van der Waals surface area (Å²) in [4.78, 5) is 0. The molecule has 0 spiro atoms. The molecule has 0 radical (unpaired) electrons. The summed E-state index contributed by atoms with van der Waals surface area (Å²) in [6.07, 6.45) is -9.84. The summed E-state index contributed by atoms with van der Waals surface area (Å²) >= 11 is 0. The van der Waals surface area contributed by atoms with Gasteiger partial charge in [0.2, 0.25) is 0 Å². The topological polar surface area (TPSA) is 39.1 Å². The van der Waals surface area contributed by atoms with Gasteiger partial charge in [0, 0.05) is 7.05 Å². The van der Waals surface area contributed by atoms with Crippen molar-refractivity contribution < 1.29 is 31.1 Å². The van der Waals surface area contributed by atoms with Crippen LogP contribution in [0.4, 0.5) is 26.3 Å². The van der Waals surface area contributed by atoms with E-state index >= 15 is 0 Å². The minimum Gasteiger partial charge on any atom is -0.493 e. The van der Waals surface area contributed by atoms with Crippen LogP contribution in [-0.2, 0) is 7.05 Å². The molecule has 0 aliphatic rings. The number of halogens is 6. The molecule has 1 heterocycles. The zero-order valence-corrected chi connectivity index (χ0v) is 11.5. The summed E-state index contributed by atoms with van der Waals surface area (Å²) in [6.45, 7) is 1.33. The van der Waals surface area contributed by atoms with Crippen molar-refractivity contribution in [3.05, 3.63) is 11.9 Å². The Morgan fingerprint density at radius 2 is 1.76 bits per heavy atom. The number of rotatable bonds is 5. The van der Waals surface area contributed by atoms with Gasteiger partial charge in [0.1, 0.15) is 0 Å². The smallest absolute Gasteiger partial charge is 0.402 e. The van der Waals surface area contributed by atoms with Crippen molar-refractivity contribution in [1.82, 2.24) is 15.1 Å². The number of aromatic nitrogens is 2. The van der Waals surface area contributed by atoms with Crippen LogP contribution in [0.25, 0.3) is 0 Å². The summed E-state index contributed by atoms with van der Waals surface area (Å²) in [5, 5.41) is 5.89. The van der Waals surface area contributed by atoms with Gasteiger partial charge in [0.25, 0.3) is 0 Å². The lowest BCUT2D eigenvalue weighted by atomic mass is 9.94. The van der Waals surface area contributed by atoms with E-state index in [9.17, 15) is 26.3 Å². The van der Waals surface area contributed by atoms with Gasteiger partial charge in [-0.2, -0.15) is 31.4 Å². The normalized spacial score (nSPS) is 14.6. The molecule has 21 heavy (non-hydrogen) atoms. The average molecular weight is 319 g/mol. The highest BCUT2D eigenvalue weighted by atomic mass is 19.4. The van der Waals surface area contributed by atoms with Crippen molar-refractivity contribution in [2.24, 2.45) is 13.0 Å². The van der Waals surface area contributed by atoms with Crippen LogP contribution in [0.15, 0.2) is 6.20 Å². The molecular formula is C11H15F6N3O. The molecule has 0 aliphatic carbocycles. The molecule has 4 nitrogen and oxygen atoms in total. The van der Waals surface area contributed by atoms with Gasteiger partial charge >= 0.3 is 12.4 Å². The summed E-state index contributed by atoms with van der Waals surface area (Å²) in [5.74, 6) is -3.70. The summed E-state index contributed by atoms with van der Waals surface area (Å²) in [6, 6.07) is -2.04. The van der Waals surface area contributed by atoms with E-state index < -0.39 is 24.3 Å². The van der Waals surface area contributed by atoms with Crippen LogP contribution in [-0.4, -0.2) is 35.8 Å². The molecule has 10 heteroatoms. The standard InChI is InChI=1S/C11H15F6N3O/c1-4-18-7(8-6(21-3)5-19-20(8)2)9(10(12,13)14)11(15,16)17/h5,7,9,18H,4H2,1-3H3. The number of ether oxygens (including phenoxy) is 1. The number of methoxy groups -OCH3 is 1. The first-order valence-corrected chi connectivity index (χ1v) is 5.96. The van der Waals surface area contributed by atoms with E-state index in [0.29, 0.717) is 0 Å². The lowest BCUT2D eigenvalue weighted by Crippen LogP contribution is -2.46. The Balaban J connectivity index is 3.41. The molecule has 1 unspecified atom stereocenters. The first-order valence-electron chi connectivity index (χ1n) is 5.96. The highest BCUT2D eigenvalue weighted by Crippen LogP contribution is 2.47. The largest absolute Gasteiger partial charge is 0.493 e. The Bertz CT molecular complexity index is 454. The number of alkyl halides is 6. The maximum absolute atomic E-state index is 12.9. The van der Waals surface area contributed by atoms with Gasteiger partial charge < -0.3 is 10.1 Å². The molecule has 1 atom stereocenters. The molecule has 1 aromatic heterocycles. The summed E-state index contributed by atoms with van der Waals surface area (Å²) < 4.78 is 83.3. The van der Waals surface area contributed by atoms with Crippen molar-refractivity contribution in [3.63, 3.8) is 0 Å². The third kappa shape index (κ3) is 3.80. The van der Waals surface area contributed by atoms with Crippen molar-refractivity contribution in [2.75, 3.05) is 13.7 Å². The Morgan fingerprint density at radius 1 is 1.24 bits per heavy atom. The van der Waals surface area contributed by atoms with Gasteiger partial charge in [-0.3, -0.25) is 4.68 Å². The number of hydrogen-bond donors (Lipinski definition) is 1. The Morgan fingerprint density at radius 3 is 2.14 bits per heavy atom. The molecule has 0 saturated carbocycles. The SMILES string of the molecule is CCNC(c1c(OC)cnn1C)C(C(F)(F)F)C(F)(F)F. The Labute approximate surface area is 117 Å². The summed E-state index contributed by atoms with van der Waals surface area (Å²) in [5.41, 5.74) is -0.306. The maximum Gasteiger partial charge on any atom is 0.402 e. The van der Waals surface area contributed by atoms with E-state index in [2.05, 4.69) is 10.4 Å². The van der Waals surface area contributed by atoms with Gasteiger partial charge in [0.05, 0.1) is 25.0 Å². The fourth-order valence-corrected chi connectivity index (χ4v) is 2.09.